The minimum atomic E-state index is -3.85. The zero-order chi connectivity index (χ0) is 23.3. The highest BCUT2D eigenvalue weighted by atomic mass is 32.2. The first kappa shape index (κ1) is 24.1. The number of hydrogen-bond acceptors (Lipinski definition) is 4. The maximum atomic E-state index is 13.5. The molecule has 1 amide bonds. The third-order valence-electron chi connectivity index (χ3n) is 5.99. The molecule has 1 N–H and O–H groups in total. The number of amides is 1. The van der Waals surface area contributed by atoms with Gasteiger partial charge >= 0.3 is 0 Å². The number of nitrogens with one attached hydrogen (secondary N) is 1. The standard InChI is InChI=1S/C25H34N2O4S/c1-5-7-8-20(6-2)16-26-25(28)24-17-27(22-15-19(4)11-14-23(22)31-24)32(29,30)21-12-9-18(3)10-13-21/h9-15,20,24H,5-8,16-17H2,1-4H3,(H,26,28)/t20-,24+/m0/s1. The van der Waals surface area contributed by atoms with Gasteiger partial charge in [0.05, 0.1) is 17.1 Å². The Hall–Kier alpha value is -2.54. The second-order valence-electron chi connectivity index (χ2n) is 8.59. The first-order valence-corrected chi connectivity index (χ1v) is 12.8. The third kappa shape index (κ3) is 5.44. The van der Waals surface area contributed by atoms with Crippen LogP contribution in [-0.4, -0.2) is 33.5 Å². The van der Waals surface area contributed by atoms with Crippen molar-refractivity contribution in [2.75, 3.05) is 17.4 Å². The van der Waals surface area contributed by atoms with Gasteiger partial charge in [0, 0.05) is 6.54 Å². The van der Waals surface area contributed by atoms with Gasteiger partial charge in [-0.1, -0.05) is 56.9 Å². The topological polar surface area (TPSA) is 75.7 Å². The summed E-state index contributed by atoms with van der Waals surface area (Å²) in [4.78, 5) is 13.2. The molecular weight excluding hydrogens is 424 g/mol. The van der Waals surface area contributed by atoms with Crippen LogP contribution < -0.4 is 14.4 Å². The molecule has 6 nitrogen and oxygen atoms in total. The second-order valence-corrected chi connectivity index (χ2v) is 10.5. The van der Waals surface area contributed by atoms with E-state index in [0.717, 1.165) is 36.8 Å². The normalized spacial score (nSPS) is 16.8. The molecule has 0 aromatic heterocycles. The molecule has 1 aliphatic heterocycles. The van der Waals surface area contributed by atoms with Gasteiger partial charge in [-0.2, -0.15) is 0 Å². The molecule has 1 heterocycles. The largest absolute Gasteiger partial charge is 0.476 e. The van der Waals surface area contributed by atoms with Gasteiger partial charge < -0.3 is 10.1 Å². The summed E-state index contributed by atoms with van der Waals surface area (Å²) in [5, 5.41) is 2.99. The quantitative estimate of drug-likeness (QED) is 0.596. The molecule has 0 saturated heterocycles. The van der Waals surface area contributed by atoms with Crippen LogP contribution >= 0.6 is 0 Å². The van der Waals surface area contributed by atoms with Crippen molar-refractivity contribution in [1.29, 1.82) is 0 Å². The van der Waals surface area contributed by atoms with E-state index in [1.807, 2.05) is 19.9 Å². The van der Waals surface area contributed by atoms with Crippen LogP contribution in [0.25, 0.3) is 0 Å². The highest BCUT2D eigenvalue weighted by Crippen LogP contribution is 2.37. The Balaban J connectivity index is 1.85. The van der Waals surface area contributed by atoms with E-state index in [1.54, 1.807) is 36.4 Å². The zero-order valence-corrected chi connectivity index (χ0v) is 20.2. The van der Waals surface area contributed by atoms with Crippen LogP contribution in [0.2, 0.25) is 0 Å². The molecule has 0 aliphatic carbocycles. The number of fused-ring (bicyclic) bond motifs is 1. The summed E-state index contributed by atoms with van der Waals surface area (Å²) < 4.78 is 34.3. The summed E-state index contributed by atoms with van der Waals surface area (Å²) in [6.45, 7) is 8.59. The minimum Gasteiger partial charge on any atom is -0.476 e. The molecular formula is C25H34N2O4S. The molecule has 2 atom stereocenters. The Kier molecular flexibility index (Phi) is 7.82. The maximum Gasteiger partial charge on any atom is 0.264 e. The van der Waals surface area contributed by atoms with Crippen molar-refractivity contribution in [3.8, 4) is 5.75 Å². The van der Waals surface area contributed by atoms with E-state index in [1.165, 1.54) is 4.31 Å². The number of benzene rings is 2. The summed E-state index contributed by atoms with van der Waals surface area (Å²) in [6.07, 6.45) is 3.40. The fraction of sp³-hybridized carbons (Fsp3) is 0.480. The van der Waals surface area contributed by atoms with E-state index < -0.39 is 16.1 Å². The van der Waals surface area contributed by atoms with Crippen molar-refractivity contribution in [3.63, 3.8) is 0 Å². The molecule has 0 saturated carbocycles. The SMILES string of the molecule is CCCC[C@H](CC)CNC(=O)[C@H]1CN(S(=O)(=O)c2ccc(C)cc2)c2cc(C)ccc2O1. The second kappa shape index (κ2) is 10.4. The lowest BCUT2D eigenvalue weighted by molar-refractivity contribution is -0.127. The number of carbonyl (C=O) groups excluding carboxylic acids is 1. The number of hydrogen-bond donors (Lipinski definition) is 1. The van der Waals surface area contributed by atoms with Crippen LogP contribution in [0.4, 0.5) is 5.69 Å². The average Bonchev–Trinajstić information content (AvgIpc) is 2.78. The average molecular weight is 459 g/mol. The highest BCUT2D eigenvalue weighted by Gasteiger charge is 2.37. The van der Waals surface area contributed by atoms with Crippen molar-refractivity contribution < 1.29 is 17.9 Å². The maximum absolute atomic E-state index is 13.5. The number of rotatable bonds is 9. The Labute approximate surface area is 192 Å². The zero-order valence-electron chi connectivity index (χ0n) is 19.4. The fourth-order valence-electron chi connectivity index (χ4n) is 3.87. The Bertz CT molecular complexity index is 1030. The molecule has 0 spiro atoms. The number of unbranched alkanes of at least 4 members (excludes halogenated alkanes) is 1. The number of ether oxygens (including phenoxy) is 1. The first-order valence-electron chi connectivity index (χ1n) is 11.4. The van der Waals surface area contributed by atoms with Gasteiger partial charge in [-0.3, -0.25) is 9.10 Å². The lowest BCUT2D eigenvalue weighted by Gasteiger charge is -2.35. The van der Waals surface area contributed by atoms with Crippen LogP contribution in [-0.2, 0) is 14.8 Å². The van der Waals surface area contributed by atoms with Gasteiger partial charge in [-0.05, 0) is 56.0 Å². The van der Waals surface area contributed by atoms with E-state index >= 15 is 0 Å². The predicted octanol–water partition coefficient (Wildman–Crippen LogP) is 4.59. The van der Waals surface area contributed by atoms with Gasteiger partial charge in [0.25, 0.3) is 15.9 Å². The number of carbonyl (C=O) groups is 1. The molecule has 0 bridgehead atoms. The van der Waals surface area contributed by atoms with E-state index in [-0.39, 0.29) is 17.3 Å². The van der Waals surface area contributed by atoms with Gasteiger partial charge in [-0.25, -0.2) is 8.42 Å². The van der Waals surface area contributed by atoms with Crippen molar-refractivity contribution in [1.82, 2.24) is 5.32 Å². The molecule has 0 fully saturated rings. The number of aryl methyl sites for hydroxylation is 2. The lowest BCUT2D eigenvalue weighted by atomic mass is 9.99. The summed E-state index contributed by atoms with van der Waals surface area (Å²) in [5.74, 6) is 0.524. The van der Waals surface area contributed by atoms with Crippen LogP contribution in [0.5, 0.6) is 5.75 Å². The number of anilines is 1. The Morgan fingerprint density at radius 3 is 2.47 bits per heavy atom. The van der Waals surface area contributed by atoms with E-state index in [0.29, 0.717) is 23.9 Å². The third-order valence-corrected chi connectivity index (χ3v) is 7.79. The Morgan fingerprint density at radius 2 is 1.81 bits per heavy atom. The van der Waals surface area contributed by atoms with Crippen molar-refractivity contribution in [2.24, 2.45) is 5.92 Å². The molecule has 7 heteroatoms. The Morgan fingerprint density at radius 1 is 1.12 bits per heavy atom. The monoisotopic (exact) mass is 458 g/mol. The molecule has 1 aliphatic rings. The fourth-order valence-corrected chi connectivity index (χ4v) is 5.33. The molecule has 174 valence electrons. The predicted molar refractivity (Wildman–Crippen MR) is 128 cm³/mol. The number of sulfonamides is 1. The molecule has 32 heavy (non-hydrogen) atoms. The van der Waals surface area contributed by atoms with Gasteiger partial charge in [-0.15, -0.1) is 0 Å². The summed E-state index contributed by atoms with van der Waals surface area (Å²) in [7, 11) is -3.85. The van der Waals surface area contributed by atoms with Crippen molar-refractivity contribution >= 4 is 21.6 Å². The van der Waals surface area contributed by atoms with Crippen LogP contribution in [0.1, 0.15) is 50.7 Å². The van der Waals surface area contributed by atoms with Gasteiger partial charge in [0.2, 0.25) is 0 Å². The molecule has 2 aromatic carbocycles. The molecule has 3 rings (SSSR count). The summed E-state index contributed by atoms with van der Waals surface area (Å²) in [6, 6.07) is 12.1. The van der Waals surface area contributed by atoms with Crippen LogP contribution in [0.3, 0.4) is 0 Å². The summed E-state index contributed by atoms with van der Waals surface area (Å²) in [5.41, 5.74) is 2.36. The van der Waals surface area contributed by atoms with E-state index in [2.05, 4.69) is 19.2 Å². The first-order chi connectivity index (χ1) is 15.3. The molecule has 2 aromatic rings. The smallest absolute Gasteiger partial charge is 0.264 e. The van der Waals surface area contributed by atoms with Crippen molar-refractivity contribution in [2.45, 2.75) is 64.4 Å². The minimum absolute atomic E-state index is 0.0652. The van der Waals surface area contributed by atoms with E-state index in [9.17, 15) is 13.2 Å². The summed E-state index contributed by atoms with van der Waals surface area (Å²) >= 11 is 0. The molecule has 0 unspecified atom stereocenters. The molecule has 0 radical (unpaired) electrons. The van der Waals surface area contributed by atoms with E-state index in [4.69, 9.17) is 4.74 Å². The highest BCUT2D eigenvalue weighted by molar-refractivity contribution is 7.92. The van der Waals surface area contributed by atoms with Crippen molar-refractivity contribution in [3.05, 3.63) is 53.6 Å². The van der Waals surface area contributed by atoms with Gasteiger partial charge in [0.1, 0.15) is 5.75 Å². The van der Waals surface area contributed by atoms with Crippen LogP contribution in [0, 0.1) is 19.8 Å². The van der Waals surface area contributed by atoms with Crippen LogP contribution in [0.15, 0.2) is 47.4 Å². The number of nitrogens with zero attached hydrogens (tertiary/aromatic N) is 1. The lowest BCUT2D eigenvalue weighted by Crippen LogP contribution is -2.51. The van der Waals surface area contributed by atoms with Gasteiger partial charge in [0.15, 0.2) is 6.10 Å².